The van der Waals surface area contributed by atoms with Gasteiger partial charge in [0.25, 0.3) is 5.91 Å². The second-order valence-corrected chi connectivity index (χ2v) is 13.0. The molecule has 0 aromatic heterocycles. The quantitative estimate of drug-likeness (QED) is 0.166. The van der Waals surface area contributed by atoms with E-state index in [0.717, 1.165) is 50.7 Å². The number of aromatic hydroxyl groups is 2. The number of phenols is 2. The van der Waals surface area contributed by atoms with Crippen LogP contribution in [0.1, 0.15) is 70.8 Å². The molecule has 4 N–H and O–H groups in total. The molecule has 0 spiro atoms. The number of esters is 1. The summed E-state index contributed by atoms with van der Waals surface area (Å²) in [6.45, 7) is 4.23. The molecular formula is C33H42N2O7. The summed E-state index contributed by atoms with van der Waals surface area (Å²) >= 11 is 0. The number of benzene rings is 1. The van der Waals surface area contributed by atoms with Crippen molar-refractivity contribution in [3.63, 3.8) is 0 Å². The number of terminal acetylenes is 1. The number of rotatable bonds is 7. The van der Waals surface area contributed by atoms with Crippen LogP contribution in [-0.2, 0) is 25.6 Å². The number of fused-ring (bicyclic) bond motifs is 5. The third-order valence-corrected chi connectivity index (χ3v) is 11.0. The molecule has 0 saturated heterocycles. The van der Waals surface area contributed by atoms with Crippen LogP contribution in [0.3, 0.4) is 0 Å². The van der Waals surface area contributed by atoms with E-state index >= 15 is 0 Å². The summed E-state index contributed by atoms with van der Waals surface area (Å²) in [5.74, 6) is 2.55. The van der Waals surface area contributed by atoms with Gasteiger partial charge in [0, 0.05) is 11.8 Å². The summed E-state index contributed by atoms with van der Waals surface area (Å²) in [5, 5.41) is 37.4. The Morgan fingerprint density at radius 1 is 1.12 bits per heavy atom. The molecule has 0 radical (unpaired) electrons. The van der Waals surface area contributed by atoms with Gasteiger partial charge in [0.05, 0.1) is 12.8 Å². The zero-order valence-corrected chi connectivity index (χ0v) is 24.7. The Morgan fingerprint density at radius 3 is 2.60 bits per heavy atom. The lowest BCUT2D eigenvalue weighted by molar-refractivity contribution is -0.145. The van der Waals surface area contributed by atoms with E-state index in [1.54, 1.807) is 6.07 Å². The number of nitrogens with one attached hydrogen (secondary N) is 1. The minimum atomic E-state index is -0.999. The highest BCUT2D eigenvalue weighted by atomic mass is 16.6. The van der Waals surface area contributed by atoms with Crippen molar-refractivity contribution < 1.29 is 34.5 Å². The normalized spacial score (nSPS) is 35.1. The number of oxime groups is 1. The maximum absolute atomic E-state index is 12.6. The number of aliphatic hydroxyl groups is 1. The van der Waals surface area contributed by atoms with Crippen molar-refractivity contribution in [1.29, 1.82) is 0 Å². The summed E-state index contributed by atoms with van der Waals surface area (Å²) in [4.78, 5) is 30.3. The second kappa shape index (κ2) is 11.3. The molecule has 7 atom stereocenters. The van der Waals surface area contributed by atoms with Crippen molar-refractivity contribution in [2.45, 2.75) is 83.3 Å². The molecule has 3 fully saturated rings. The van der Waals surface area contributed by atoms with Crippen LogP contribution >= 0.6 is 0 Å². The van der Waals surface area contributed by atoms with E-state index < -0.39 is 23.5 Å². The van der Waals surface area contributed by atoms with Crippen LogP contribution in [0.5, 0.6) is 11.5 Å². The molecule has 9 heteroatoms. The predicted molar refractivity (Wildman–Crippen MR) is 156 cm³/mol. The number of nitrogens with zero attached hydrogens (tertiary/aromatic N) is 1. The van der Waals surface area contributed by atoms with E-state index in [4.69, 9.17) is 16.0 Å². The van der Waals surface area contributed by atoms with Crippen molar-refractivity contribution in [2.75, 3.05) is 13.7 Å². The minimum absolute atomic E-state index is 0.0651. The highest BCUT2D eigenvalue weighted by molar-refractivity contribution is 5.96. The summed E-state index contributed by atoms with van der Waals surface area (Å²) in [7, 11) is 1.23. The first-order valence-corrected chi connectivity index (χ1v) is 14.9. The molecule has 9 nitrogen and oxygen atoms in total. The van der Waals surface area contributed by atoms with Crippen LogP contribution in [0.2, 0.25) is 0 Å². The number of phenolic OH excluding ortho intramolecular Hbond substituents is 2. The molecule has 226 valence electrons. The number of hydrogen-bond acceptors (Lipinski definition) is 8. The van der Waals surface area contributed by atoms with Crippen LogP contribution in [0.25, 0.3) is 0 Å². The van der Waals surface area contributed by atoms with E-state index in [-0.39, 0.29) is 35.4 Å². The third kappa shape index (κ3) is 5.15. The van der Waals surface area contributed by atoms with E-state index in [9.17, 15) is 24.9 Å². The van der Waals surface area contributed by atoms with E-state index in [0.29, 0.717) is 29.7 Å². The lowest BCUT2D eigenvalue weighted by atomic mass is 9.46. The van der Waals surface area contributed by atoms with Gasteiger partial charge in [-0.15, -0.1) is 6.42 Å². The number of allylic oxidation sites excluding steroid dienone is 2. The van der Waals surface area contributed by atoms with Crippen LogP contribution in [-0.4, -0.2) is 58.3 Å². The van der Waals surface area contributed by atoms with Crippen LogP contribution in [0.15, 0.2) is 35.0 Å². The molecular weight excluding hydrogens is 536 g/mol. The standard InChI is InChI=1S/C33H42N2O7/c1-5-33(40)15-12-25-23-8-7-21-18-22(10-13-31(21,2)24(23)11-14-32(25,33)3)35-42-19-29(38)34-26(30(39)41-4)16-20-6-9-27(36)28(37)17-20/h1,6,9,17-18,23-26,36-37,40H,7-8,10-16,19H2,2-4H3,(H,34,38)/t23?,24?,25?,26?,31-,32-,33+/m0/s1. The molecule has 0 heterocycles. The maximum atomic E-state index is 12.6. The fourth-order valence-electron chi connectivity index (χ4n) is 8.57. The monoisotopic (exact) mass is 578 g/mol. The van der Waals surface area contributed by atoms with Crippen molar-refractivity contribution in [3.05, 3.63) is 35.4 Å². The smallest absolute Gasteiger partial charge is 0.328 e. The topological polar surface area (TPSA) is 138 Å². The first kappa shape index (κ1) is 30.0. The molecule has 0 bridgehead atoms. The predicted octanol–water partition coefficient (Wildman–Crippen LogP) is 4.00. The summed E-state index contributed by atoms with van der Waals surface area (Å²) < 4.78 is 4.82. The van der Waals surface area contributed by atoms with Gasteiger partial charge in [0.1, 0.15) is 11.6 Å². The summed E-state index contributed by atoms with van der Waals surface area (Å²) in [6.07, 6.45) is 15.5. The van der Waals surface area contributed by atoms with Gasteiger partial charge in [-0.1, -0.05) is 36.6 Å². The van der Waals surface area contributed by atoms with Crippen molar-refractivity contribution in [1.82, 2.24) is 5.32 Å². The number of hydrogen-bond donors (Lipinski definition) is 4. The van der Waals surface area contributed by atoms with Gasteiger partial charge in [0.2, 0.25) is 0 Å². The van der Waals surface area contributed by atoms with Gasteiger partial charge in [0.15, 0.2) is 18.1 Å². The molecule has 3 saturated carbocycles. The van der Waals surface area contributed by atoms with Gasteiger partial charge in [-0.2, -0.15) is 0 Å². The van der Waals surface area contributed by atoms with Crippen molar-refractivity contribution >= 4 is 17.6 Å². The van der Waals surface area contributed by atoms with Gasteiger partial charge in [-0.3, -0.25) is 4.79 Å². The number of carbonyl (C=O) groups is 2. The lowest BCUT2D eigenvalue weighted by Crippen LogP contribution is -2.54. The molecule has 1 aromatic carbocycles. The Hall–Kier alpha value is -3.51. The summed E-state index contributed by atoms with van der Waals surface area (Å²) in [5.41, 5.74) is 1.60. The first-order chi connectivity index (χ1) is 19.9. The molecule has 0 aliphatic heterocycles. The van der Waals surface area contributed by atoms with Gasteiger partial charge in [-0.05, 0) is 98.3 Å². The number of methoxy groups -OCH3 is 1. The van der Waals surface area contributed by atoms with Crippen molar-refractivity contribution in [2.24, 2.45) is 33.7 Å². The van der Waals surface area contributed by atoms with Gasteiger partial charge >= 0.3 is 5.97 Å². The average Bonchev–Trinajstić information content (AvgIpc) is 3.25. The Bertz CT molecular complexity index is 1350. The van der Waals surface area contributed by atoms with E-state index in [2.05, 4.69) is 36.3 Å². The zero-order chi connectivity index (χ0) is 30.3. The van der Waals surface area contributed by atoms with E-state index in [1.165, 1.54) is 24.8 Å². The molecule has 1 aromatic rings. The van der Waals surface area contributed by atoms with Gasteiger partial charge in [-0.25, -0.2) is 4.79 Å². The molecule has 42 heavy (non-hydrogen) atoms. The Labute approximate surface area is 247 Å². The molecule has 1 amide bonds. The minimum Gasteiger partial charge on any atom is -0.504 e. The fourth-order valence-corrected chi connectivity index (χ4v) is 8.57. The molecule has 4 aliphatic rings. The van der Waals surface area contributed by atoms with Crippen LogP contribution < -0.4 is 5.32 Å². The van der Waals surface area contributed by atoms with Gasteiger partial charge < -0.3 is 30.2 Å². The lowest BCUT2D eigenvalue weighted by Gasteiger charge is -2.58. The highest BCUT2D eigenvalue weighted by Crippen LogP contribution is 2.67. The third-order valence-electron chi connectivity index (χ3n) is 11.0. The highest BCUT2D eigenvalue weighted by Gasteiger charge is 2.63. The fraction of sp³-hybridized carbons (Fsp3) is 0.606. The maximum Gasteiger partial charge on any atom is 0.328 e. The second-order valence-electron chi connectivity index (χ2n) is 13.0. The molecule has 5 rings (SSSR count). The van der Waals surface area contributed by atoms with Crippen LogP contribution in [0, 0.1) is 40.9 Å². The number of amides is 1. The van der Waals surface area contributed by atoms with Crippen molar-refractivity contribution in [3.8, 4) is 23.8 Å². The first-order valence-electron chi connectivity index (χ1n) is 14.9. The zero-order valence-electron chi connectivity index (χ0n) is 24.7. The largest absolute Gasteiger partial charge is 0.504 e. The SMILES string of the molecule is C#C[C@@]1(O)CCC2C3CCC4=CC(=NOCC(=O)NC(Cc5ccc(O)c(O)c5)C(=O)OC)CC[C@]4(C)C3CC[C@@]21C. The Morgan fingerprint density at radius 2 is 1.88 bits per heavy atom. The molecule has 4 unspecified atom stereocenters. The summed E-state index contributed by atoms with van der Waals surface area (Å²) in [6, 6.07) is 3.20. The van der Waals surface area contributed by atoms with E-state index in [1.807, 2.05) is 0 Å². The Kier molecular flexibility index (Phi) is 8.06. The Balaban J connectivity index is 1.20. The number of ether oxygens (including phenoxy) is 1. The molecule has 4 aliphatic carbocycles. The average molecular weight is 579 g/mol. The number of carbonyl (C=O) groups excluding carboxylic acids is 2. The van der Waals surface area contributed by atoms with Crippen LogP contribution in [0.4, 0.5) is 0 Å².